The Morgan fingerprint density at radius 3 is 2.76 bits per heavy atom. The Morgan fingerprint density at radius 1 is 1.33 bits per heavy atom. The molecule has 0 aliphatic heterocycles. The van der Waals surface area contributed by atoms with Gasteiger partial charge in [-0.3, -0.25) is 9.59 Å². The van der Waals surface area contributed by atoms with E-state index in [1.54, 1.807) is 37.3 Å². The number of aromatic nitrogens is 1. The monoisotopic (exact) mass is 282 g/mol. The molecule has 0 saturated carbocycles. The van der Waals surface area contributed by atoms with Crippen LogP contribution in [-0.2, 0) is 6.54 Å². The zero-order valence-electron chi connectivity index (χ0n) is 11.8. The van der Waals surface area contributed by atoms with Crippen molar-refractivity contribution in [1.82, 2.24) is 4.57 Å². The van der Waals surface area contributed by atoms with E-state index in [1.165, 1.54) is 17.7 Å². The summed E-state index contributed by atoms with van der Waals surface area (Å²) in [5, 5.41) is 8.89. The van der Waals surface area contributed by atoms with E-state index in [-0.39, 0.29) is 17.9 Å². The fourth-order valence-electron chi connectivity index (χ4n) is 1.98. The predicted octanol–water partition coefficient (Wildman–Crippen LogP) is 1.92. The molecule has 0 saturated heterocycles. The molecule has 0 aliphatic rings. The molecule has 21 heavy (non-hydrogen) atoms. The van der Waals surface area contributed by atoms with Gasteiger partial charge in [0.1, 0.15) is 17.4 Å². The number of nitriles is 1. The molecule has 0 fully saturated rings. The first-order valence-electron chi connectivity index (χ1n) is 6.34. The zero-order valence-corrected chi connectivity index (χ0v) is 11.8. The molecular formula is C16H14N2O3. The highest BCUT2D eigenvalue weighted by atomic mass is 16.5. The zero-order chi connectivity index (χ0) is 15.4. The molecule has 2 rings (SSSR count). The number of methoxy groups -OCH3 is 1. The summed E-state index contributed by atoms with van der Waals surface area (Å²) < 4.78 is 6.38. The smallest absolute Gasteiger partial charge is 0.269 e. The van der Waals surface area contributed by atoms with E-state index < -0.39 is 5.56 Å². The average Bonchev–Trinajstić information content (AvgIpc) is 2.51. The number of nitrogens with zero attached hydrogens (tertiary/aromatic N) is 2. The number of benzene rings is 1. The fourth-order valence-corrected chi connectivity index (χ4v) is 1.98. The van der Waals surface area contributed by atoms with Crippen LogP contribution < -0.4 is 10.3 Å². The number of rotatable bonds is 4. The van der Waals surface area contributed by atoms with Gasteiger partial charge in [0, 0.05) is 11.3 Å². The van der Waals surface area contributed by atoms with Crippen LogP contribution in [0.25, 0.3) is 0 Å². The topological polar surface area (TPSA) is 72.1 Å². The average molecular weight is 282 g/mol. The lowest BCUT2D eigenvalue weighted by Gasteiger charge is -2.10. The highest BCUT2D eigenvalue weighted by molar-refractivity contribution is 5.96. The Bertz CT molecular complexity index is 785. The molecule has 5 heteroatoms. The summed E-state index contributed by atoms with van der Waals surface area (Å²) in [6, 6.07) is 11.7. The van der Waals surface area contributed by atoms with Crippen LogP contribution in [-0.4, -0.2) is 17.5 Å². The number of carbonyl (C=O) groups excluding carboxylic acids is 1. The summed E-state index contributed by atoms with van der Waals surface area (Å²) in [7, 11) is 1.52. The first-order chi connectivity index (χ1) is 10.1. The van der Waals surface area contributed by atoms with Crippen LogP contribution in [0.3, 0.4) is 0 Å². The molecule has 106 valence electrons. The quantitative estimate of drug-likeness (QED) is 0.803. The summed E-state index contributed by atoms with van der Waals surface area (Å²) in [5.74, 6) is 0.366. The Hall–Kier alpha value is -2.87. The van der Waals surface area contributed by atoms with E-state index in [4.69, 9.17) is 10.00 Å². The Balaban J connectivity index is 2.36. The van der Waals surface area contributed by atoms with Gasteiger partial charge in [-0.2, -0.15) is 5.26 Å². The molecule has 0 atom stereocenters. The third-order valence-electron chi connectivity index (χ3n) is 3.21. The predicted molar refractivity (Wildman–Crippen MR) is 77.5 cm³/mol. The van der Waals surface area contributed by atoms with Gasteiger partial charge in [0.05, 0.1) is 13.7 Å². The molecule has 0 amide bonds. The van der Waals surface area contributed by atoms with Gasteiger partial charge >= 0.3 is 0 Å². The second kappa shape index (κ2) is 6.06. The number of pyridine rings is 1. The number of ether oxygens (including phenoxy) is 1. The molecule has 5 nitrogen and oxygen atoms in total. The largest absolute Gasteiger partial charge is 0.497 e. The minimum atomic E-state index is -0.450. The van der Waals surface area contributed by atoms with Gasteiger partial charge in [-0.1, -0.05) is 12.1 Å². The van der Waals surface area contributed by atoms with E-state index in [2.05, 4.69) is 0 Å². The Morgan fingerprint density at radius 2 is 2.10 bits per heavy atom. The fraction of sp³-hybridized carbons (Fsp3) is 0.188. The van der Waals surface area contributed by atoms with Crippen molar-refractivity contribution in [2.45, 2.75) is 13.5 Å². The molecule has 1 heterocycles. The standard InChI is InChI=1S/C16H14N2O3/c1-11-6-7-13(9-17)16(20)18(11)10-15(19)12-4-3-5-14(8-12)21-2/h3-8H,10H2,1-2H3. The molecular weight excluding hydrogens is 268 g/mol. The van der Waals surface area contributed by atoms with Crippen molar-refractivity contribution < 1.29 is 9.53 Å². The lowest BCUT2D eigenvalue weighted by Crippen LogP contribution is -2.27. The van der Waals surface area contributed by atoms with E-state index in [0.29, 0.717) is 17.0 Å². The van der Waals surface area contributed by atoms with Gasteiger partial charge in [0.2, 0.25) is 0 Å². The third kappa shape index (κ3) is 3.00. The third-order valence-corrected chi connectivity index (χ3v) is 3.21. The molecule has 0 aliphatic carbocycles. The lowest BCUT2D eigenvalue weighted by molar-refractivity contribution is 0.0969. The molecule has 0 spiro atoms. The van der Waals surface area contributed by atoms with E-state index in [9.17, 15) is 9.59 Å². The first kappa shape index (κ1) is 14.5. The van der Waals surface area contributed by atoms with Crippen LogP contribution in [0.15, 0.2) is 41.2 Å². The SMILES string of the molecule is COc1cccc(C(=O)Cn2c(C)ccc(C#N)c2=O)c1. The molecule has 1 aromatic carbocycles. The van der Waals surface area contributed by atoms with Crippen LogP contribution >= 0.6 is 0 Å². The van der Waals surface area contributed by atoms with E-state index >= 15 is 0 Å². The second-order valence-electron chi connectivity index (χ2n) is 4.55. The van der Waals surface area contributed by atoms with Crippen LogP contribution in [0.1, 0.15) is 21.6 Å². The van der Waals surface area contributed by atoms with Crippen molar-refractivity contribution >= 4 is 5.78 Å². The summed E-state index contributed by atoms with van der Waals surface area (Å²) in [6.45, 7) is 1.62. The molecule has 0 bridgehead atoms. The van der Waals surface area contributed by atoms with Crippen LogP contribution in [0, 0.1) is 18.3 Å². The van der Waals surface area contributed by atoms with Gasteiger partial charge in [-0.25, -0.2) is 0 Å². The number of carbonyl (C=O) groups is 1. The highest BCUT2D eigenvalue weighted by Crippen LogP contribution is 2.13. The van der Waals surface area contributed by atoms with E-state index in [0.717, 1.165) is 0 Å². The maximum Gasteiger partial charge on any atom is 0.269 e. The van der Waals surface area contributed by atoms with Crippen molar-refractivity contribution in [2.24, 2.45) is 0 Å². The second-order valence-corrected chi connectivity index (χ2v) is 4.55. The van der Waals surface area contributed by atoms with Gasteiger partial charge in [-0.15, -0.1) is 0 Å². The summed E-state index contributed by atoms with van der Waals surface area (Å²) >= 11 is 0. The van der Waals surface area contributed by atoms with Crippen molar-refractivity contribution in [3.63, 3.8) is 0 Å². The van der Waals surface area contributed by atoms with Gasteiger partial charge in [0.15, 0.2) is 5.78 Å². The minimum Gasteiger partial charge on any atom is -0.497 e. The normalized spacial score (nSPS) is 9.95. The molecule has 0 radical (unpaired) electrons. The number of hydrogen-bond donors (Lipinski definition) is 0. The minimum absolute atomic E-state index is 0.0269. The number of ketones is 1. The Kier molecular flexibility index (Phi) is 4.19. The van der Waals surface area contributed by atoms with Crippen molar-refractivity contribution in [2.75, 3.05) is 7.11 Å². The van der Waals surface area contributed by atoms with Crippen LogP contribution in [0.4, 0.5) is 0 Å². The van der Waals surface area contributed by atoms with Gasteiger partial charge < -0.3 is 9.30 Å². The van der Waals surface area contributed by atoms with Crippen molar-refractivity contribution in [1.29, 1.82) is 5.26 Å². The Labute approximate surface area is 122 Å². The summed E-state index contributed by atoms with van der Waals surface area (Å²) in [4.78, 5) is 24.4. The van der Waals surface area contributed by atoms with Gasteiger partial charge in [-0.05, 0) is 31.2 Å². The van der Waals surface area contributed by atoms with Crippen LogP contribution in [0.2, 0.25) is 0 Å². The number of hydrogen-bond acceptors (Lipinski definition) is 4. The van der Waals surface area contributed by atoms with E-state index in [1.807, 2.05) is 6.07 Å². The highest BCUT2D eigenvalue weighted by Gasteiger charge is 2.12. The molecule has 0 unspecified atom stereocenters. The molecule has 2 aromatic rings. The maximum absolute atomic E-state index is 12.3. The molecule has 0 N–H and O–H groups in total. The maximum atomic E-state index is 12.3. The van der Waals surface area contributed by atoms with Gasteiger partial charge in [0.25, 0.3) is 5.56 Å². The summed E-state index contributed by atoms with van der Waals surface area (Å²) in [6.07, 6.45) is 0. The number of aryl methyl sites for hydroxylation is 1. The lowest BCUT2D eigenvalue weighted by atomic mass is 10.1. The van der Waals surface area contributed by atoms with Crippen molar-refractivity contribution in [3.05, 3.63) is 63.6 Å². The molecule has 1 aromatic heterocycles. The first-order valence-corrected chi connectivity index (χ1v) is 6.34. The van der Waals surface area contributed by atoms with Crippen molar-refractivity contribution in [3.8, 4) is 11.8 Å². The number of Topliss-reactive ketones (excluding diaryl/α,β-unsaturated/α-hetero) is 1. The van der Waals surface area contributed by atoms with Crippen LogP contribution in [0.5, 0.6) is 5.75 Å². The summed E-state index contributed by atoms with van der Waals surface area (Å²) in [5.41, 5.74) is 0.672.